The quantitative estimate of drug-likeness (QED) is 0.697. The van der Waals surface area contributed by atoms with Crippen molar-refractivity contribution in [2.75, 3.05) is 13.2 Å². The van der Waals surface area contributed by atoms with E-state index in [-0.39, 0.29) is 5.78 Å². The largest absolute Gasteiger partial charge is 0.486 e. The molecule has 3 rings (SSSR count). The van der Waals surface area contributed by atoms with Gasteiger partial charge in [-0.15, -0.1) is 0 Å². The molecule has 0 atom stereocenters. The number of rotatable bonds is 2. The van der Waals surface area contributed by atoms with Gasteiger partial charge < -0.3 is 9.47 Å². The summed E-state index contributed by atoms with van der Waals surface area (Å²) in [6.07, 6.45) is 0. The molecule has 0 radical (unpaired) electrons. The van der Waals surface area contributed by atoms with Crippen LogP contribution in [0.4, 0.5) is 0 Å². The normalized spacial score (nSPS) is 13.1. The fourth-order valence-electron chi connectivity index (χ4n) is 2.03. The third kappa shape index (κ3) is 2.89. The first-order valence-corrected chi connectivity index (χ1v) is 7.70. The molecule has 0 unspecified atom stereocenters. The topological polar surface area (TPSA) is 35.5 Å². The smallest absolute Gasteiger partial charge is 0.194 e. The monoisotopic (exact) mass is 386 g/mol. The Bertz CT molecular complexity index is 731. The first-order chi connectivity index (χ1) is 10.1. The van der Waals surface area contributed by atoms with Gasteiger partial charge in [0.2, 0.25) is 0 Å². The van der Waals surface area contributed by atoms with Crippen molar-refractivity contribution in [3.63, 3.8) is 0 Å². The van der Waals surface area contributed by atoms with E-state index in [2.05, 4.69) is 15.9 Å². The molecule has 0 bridgehead atoms. The van der Waals surface area contributed by atoms with Crippen molar-refractivity contribution in [3.05, 3.63) is 56.0 Å². The molecule has 0 saturated carbocycles. The van der Waals surface area contributed by atoms with E-state index in [4.69, 9.17) is 32.7 Å². The maximum absolute atomic E-state index is 12.6. The van der Waals surface area contributed by atoms with E-state index in [9.17, 15) is 4.79 Å². The number of halogens is 3. The summed E-state index contributed by atoms with van der Waals surface area (Å²) in [5.74, 6) is 0.886. The molecule has 1 aliphatic heterocycles. The van der Waals surface area contributed by atoms with Crippen LogP contribution in [0, 0.1) is 0 Å². The van der Waals surface area contributed by atoms with Gasteiger partial charge in [-0.1, -0.05) is 23.2 Å². The van der Waals surface area contributed by atoms with E-state index in [1.807, 2.05) is 0 Å². The van der Waals surface area contributed by atoms with Crippen LogP contribution >= 0.6 is 39.1 Å². The molecular weight excluding hydrogens is 379 g/mol. The summed E-state index contributed by atoms with van der Waals surface area (Å²) in [5, 5.41) is 0.871. The Balaban J connectivity index is 2.03. The molecule has 1 aliphatic rings. The van der Waals surface area contributed by atoms with Crippen LogP contribution in [0.5, 0.6) is 11.5 Å². The number of benzene rings is 2. The summed E-state index contributed by atoms with van der Waals surface area (Å²) >= 11 is 15.4. The second kappa shape index (κ2) is 5.87. The fraction of sp³-hybridized carbons (Fsp3) is 0.133. The zero-order chi connectivity index (χ0) is 15.0. The standard InChI is InChI=1S/C15H9BrCl2O3/c16-10-5-8(1-2-11(10)17)15(19)9-6-13-14(7-12(9)18)21-4-3-20-13/h1-2,5-7H,3-4H2. The number of carbonyl (C=O) groups is 1. The van der Waals surface area contributed by atoms with Crippen molar-refractivity contribution in [1.29, 1.82) is 0 Å². The summed E-state index contributed by atoms with van der Waals surface area (Å²) in [7, 11) is 0. The fourth-order valence-corrected chi connectivity index (χ4v) is 2.77. The van der Waals surface area contributed by atoms with Gasteiger partial charge >= 0.3 is 0 Å². The van der Waals surface area contributed by atoms with Crippen LogP contribution in [-0.4, -0.2) is 19.0 Å². The van der Waals surface area contributed by atoms with Crippen LogP contribution in [0.25, 0.3) is 0 Å². The van der Waals surface area contributed by atoms with Crippen LogP contribution in [0.2, 0.25) is 10.0 Å². The van der Waals surface area contributed by atoms with Gasteiger partial charge in [0.05, 0.1) is 10.0 Å². The van der Waals surface area contributed by atoms with Gasteiger partial charge in [0.1, 0.15) is 13.2 Å². The average Bonchev–Trinajstić information content (AvgIpc) is 2.48. The minimum Gasteiger partial charge on any atom is -0.486 e. The van der Waals surface area contributed by atoms with E-state index in [1.54, 1.807) is 30.3 Å². The molecule has 1 heterocycles. The lowest BCUT2D eigenvalue weighted by atomic mass is 10.0. The maximum atomic E-state index is 12.6. The number of carbonyl (C=O) groups excluding carboxylic acids is 1. The molecule has 0 spiro atoms. The lowest BCUT2D eigenvalue weighted by molar-refractivity contribution is 0.103. The highest BCUT2D eigenvalue weighted by molar-refractivity contribution is 9.10. The van der Waals surface area contributed by atoms with Crippen molar-refractivity contribution >= 4 is 44.9 Å². The summed E-state index contributed by atoms with van der Waals surface area (Å²) in [6.45, 7) is 0.926. The lowest BCUT2D eigenvalue weighted by Crippen LogP contribution is -2.16. The van der Waals surface area contributed by atoms with Crippen LogP contribution in [-0.2, 0) is 0 Å². The first kappa shape index (κ1) is 14.7. The zero-order valence-electron chi connectivity index (χ0n) is 10.7. The Labute approximate surface area is 139 Å². The van der Waals surface area contributed by atoms with Gasteiger partial charge in [0.15, 0.2) is 17.3 Å². The molecule has 0 aromatic heterocycles. The molecule has 21 heavy (non-hydrogen) atoms. The van der Waals surface area contributed by atoms with Crippen molar-refractivity contribution in [1.82, 2.24) is 0 Å². The van der Waals surface area contributed by atoms with Gasteiger partial charge in [-0.25, -0.2) is 0 Å². The van der Waals surface area contributed by atoms with E-state index >= 15 is 0 Å². The maximum Gasteiger partial charge on any atom is 0.194 e. The Kier molecular flexibility index (Phi) is 4.11. The average molecular weight is 388 g/mol. The molecule has 108 valence electrons. The number of ketones is 1. The van der Waals surface area contributed by atoms with Crippen LogP contribution < -0.4 is 9.47 Å². The molecule has 6 heteroatoms. The van der Waals surface area contributed by atoms with E-state index < -0.39 is 0 Å². The molecule has 0 amide bonds. The summed E-state index contributed by atoms with van der Waals surface area (Å²) in [6, 6.07) is 8.20. The molecule has 2 aromatic rings. The van der Waals surface area contributed by atoms with Crippen molar-refractivity contribution in [3.8, 4) is 11.5 Å². The molecule has 2 aromatic carbocycles. The highest BCUT2D eigenvalue weighted by Gasteiger charge is 2.20. The molecule has 0 N–H and O–H groups in total. The Morgan fingerprint density at radius 3 is 2.33 bits per heavy atom. The Morgan fingerprint density at radius 2 is 1.67 bits per heavy atom. The van der Waals surface area contributed by atoms with E-state index in [0.717, 1.165) is 0 Å². The molecule has 0 fully saturated rings. The van der Waals surface area contributed by atoms with E-state index in [1.165, 1.54) is 0 Å². The van der Waals surface area contributed by atoms with Gasteiger partial charge in [-0.05, 0) is 40.2 Å². The zero-order valence-corrected chi connectivity index (χ0v) is 13.8. The molecular formula is C15H9BrCl2O3. The SMILES string of the molecule is O=C(c1ccc(Cl)c(Br)c1)c1cc2c(cc1Cl)OCCO2. The predicted octanol–water partition coefficient (Wildman–Crippen LogP) is 4.76. The van der Waals surface area contributed by atoms with Crippen LogP contribution in [0.1, 0.15) is 15.9 Å². The second-order valence-electron chi connectivity index (χ2n) is 4.43. The Morgan fingerprint density at radius 1 is 1.00 bits per heavy atom. The summed E-state index contributed by atoms with van der Waals surface area (Å²) in [4.78, 5) is 12.6. The molecule has 0 saturated heterocycles. The van der Waals surface area contributed by atoms with Crippen molar-refractivity contribution in [2.24, 2.45) is 0 Å². The third-order valence-electron chi connectivity index (χ3n) is 3.06. The number of fused-ring (bicyclic) bond motifs is 1. The van der Waals surface area contributed by atoms with Crippen molar-refractivity contribution < 1.29 is 14.3 Å². The Hall–Kier alpha value is -1.23. The highest BCUT2D eigenvalue weighted by atomic mass is 79.9. The van der Waals surface area contributed by atoms with Gasteiger partial charge in [0.25, 0.3) is 0 Å². The summed E-state index contributed by atoms with van der Waals surface area (Å²) in [5.41, 5.74) is 0.861. The van der Waals surface area contributed by atoms with Gasteiger partial charge in [0, 0.05) is 21.7 Å². The van der Waals surface area contributed by atoms with Gasteiger partial charge in [-0.2, -0.15) is 0 Å². The number of ether oxygens (including phenoxy) is 2. The highest BCUT2D eigenvalue weighted by Crippen LogP contribution is 2.36. The second-order valence-corrected chi connectivity index (χ2v) is 6.10. The van der Waals surface area contributed by atoms with Gasteiger partial charge in [-0.3, -0.25) is 4.79 Å². The first-order valence-electron chi connectivity index (χ1n) is 6.15. The molecule has 3 nitrogen and oxygen atoms in total. The summed E-state index contributed by atoms with van der Waals surface area (Å²) < 4.78 is 11.6. The number of hydrogen-bond donors (Lipinski definition) is 0. The minimum absolute atomic E-state index is 0.200. The lowest BCUT2D eigenvalue weighted by Gasteiger charge is -2.19. The third-order valence-corrected chi connectivity index (χ3v) is 4.58. The number of hydrogen-bond acceptors (Lipinski definition) is 3. The van der Waals surface area contributed by atoms with Crippen LogP contribution in [0.3, 0.4) is 0 Å². The predicted molar refractivity (Wildman–Crippen MR) is 85.0 cm³/mol. The van der Waals surface area contributed by atoms with Crippen molar-refractivity contribution in [2.45, 2.75) is 0 Å². The molecule has 0 aliphatic carbocycles. The van der Waals surface area contributed by atoms with Crippen LogP contribution in [0.15, 0.2) is 34.8 Å². The minimum atomic E-state index is -0.200. The van der Waals surface area contributed by atoms with E-state index in [0.29, 0.717) is 50.4 Å².